The topological polar surface area (TPSA) is 75.7 Å². The number of amides is 2. The largest absolute Gasteiger partial charge is 0.491 e. The molecule has 128 valence electrons. The summed E-state index contributed by atoms with van der Waals surface area (Å²) in [5.41, 5.74) is 2.12. The third-order valence-corrected chi connectivity index (χ3v) is 5.86. The normalized spacial score (nSPS) is 19.3. The Bertz CT molecular complexity index is 652. The average molecular weight is 340 g/mol. The predicted octanol–water partition coefficient (Wildman–Crippen LogP) is 1.51. The Morgan fingerprint density at radius 2 is 2.00 bits per heavy atom. The highest BCUT2D eigenvalue weighted by atomic mass is 32.2. The van der Waals surface area contributed by atoms with E-state index in [-0.39, 0.29) is 23.6 Å². The molecule has 23 heavy (non-hydrogen) atoms. The highest BCUT2D eigenvalue weighted by Crippen LogP contribution is 2.22. The third kappa shape index (κ3) is 4.60. The van der Waals surface area contributed by atoms with Gasteiger partial charge in [-0.3, -0.25) is 0 Å². The first-order chi connectivity index (χ1) is 10.8. The number of nitrogens with zero attached hydrogens (tertiary/aromatic N) is 1. The van der Waals surface area contributed by atoms with Gasteiger partial charge in [-0.15, -0.1) is 0 Å². The van der Waals surface area contributed by atoms with Gasteiger partial charge in [0.05, 0.1) is 18.1 Å². The molecule has 1 atom stereocenters. The summed E-state index contributed by atoms with van der Waals surface area (Å²) < 4.78 is 28.7. The lowest BCUT2D eigenvalue weighted by Gasteiger charge is -2.23. The van der Waals surface area contributed by atoms with Gasteiger partial charge < -0.3 is 15.0 Å². The molecule has 1 aromatic rings. The van der Waals surface area contributed by atoms with Crippen molar-refractivity contribution < 1.29 is 17.9 Å². The van der Waals surface area contributed by atoms with E-state index >= 15 is 0 Å². The summed E-state index contributed by atoms with van der Waals surface area (Å²) in [5, 5.41) is 2.76. The second-order valence-corrected chi connectivity index (χ2v) is 8.20. The zero-order valence-corrected chi connectivity index (χ0v) is 14.6. The lowest BCUT2D eigenvalue weighted by molar-refractivity contribution is 0.192. The Balaban J connectivity index is 1.77. The fourth-order valence-electron chi connectivity index (χ4n) is 2.71. The number of hydrogen-bond donors (Lipinski definition) is 1. The summed E-state index contributed by atoms with van der Waals surface area (Å²) in [5.74, 6) is 1.05. The summed E-state index contributed by atoms with van der Waals surface area (Å²) in [4.78, 5) is 13.5. The number of aryl methyl sites for hydroxylation is 2. The highest BCUT2D eigenvalue weighted by Gasteiger charge is 2.32. The molecule has 6 nitrogen and oxygen atoms in total. The number of hydrogen-bond acceptors (Lipinski definition) is 4. The van der Waals surface area contributed by atoms with E-state index < -0.39 is 9.84 Å². The Hall–Kier alpha value is -1.76. The summed E-state index contributed by atoms with van der Waals surface area (Å²) in [6.45, 7) is 4.70. The van der Waals surface area contributed by atoms with Gasteiger partial charge in [0.1, 0.15) is 12.4 Å². The van der Waals surface area contributed by atoms with Gasteiger partial charge in [0.25, 0.3) is 0 Å². The maximum absolute atomic E-state index is 12.1. The van der Waals surface area contributed by atoms with Gasteiger partial charge in [-0.25, -0.2) is 13.2 Å². The van der Waals surface area contributed by atoms with Crippen molar-refractivity contribution >= 4 is 15.9 Å². The first kappa shape index (κ1) is 17.6. The van der Waals surface area contributed by atoms with Gasteiger partial charge in [-0.2, -0.15) is 0 Å². The zero-order valence-electron chi connectivity index (χ0n) is 13.8. The summed E-state index contributed by atoms with van der Waals surface area (Å²) >= 11 is 0. The monoisotopic (exact) mass is 340 g/mol. The minimum absolute atomic E-state index is 0.0514. The predicted molar refractivity (Wildman–Crippen MR) is 89.6 cm³/mol. The van der Waals surface area contributed by atoms with Gasteiger partial charge in [0, 0.05) is 13.1 Å². The van der Waals surface area contributed by atoms with E-state index in [4.69, 9.17) is 4.74 Å². The van der Waals surface area contributed by atoms with E-state index in [0.717, 1.165) is 16.9 Å². The Morgan fingerprint density at radius 1 is 1.35 bits per heavy atom. The third-order valence-electron chi connectivity index (χ3n) is 4.11. The minimum Gasteiger partial charge on any atom is -0.491 e. The number of benzene rings is 1. The fraction of sp³-hybridized carbons (Fsp3) is 0.562. The maximum atomic E-state index is 12.1. The van der Waals surface area contributed by atoms with E-state index in [1.807, 2.05) is 32.0 Å². The van der Waals surface area contributed by atoms with Crippen molar-refractivity contribution in [3.8, 4) is 5.75 Å². The smallest absolute Gasteiger partial charge is 0.317 e. The number of urea groups is 1. The zero-order chi connectivity index (χ0) is 17.0. The molecule has 1 heterocycles. The summed E-state index contributed by atoms with van der Waals surface area (Å²) in [7, 11) is -1.36. The standard InChI is InChI=1S/C16H24N2O4S/c1-12-5-4-6-13(2)15(12)22-9-8-17-16(19)18(3)14-7-10-23(20,21)11-14/h4-6,14H,7-11H2,1-3H3,(H,17,19)/t14-/m1/s1. The molecule has 1 fully saturated rings. The van der Waals surface area contributed by atoms with E-state index in [2.05, 4.69) is 5.32 Å². The van der Waals surface area contributed by atoms with Crippen molar-refractivity contribution in [2.75, 3.05) is 31.7 Å². The second kappa shape index (κ2) is 7.21. The fourth-order valence-corrected chi connectivity index (χ4v) is 4.48. The number of rotatable bonds is 5. The Labute approximate surface area is 137 Å². The number of ether oxygens (including phenoxy) is 1. The number of sulfone groups is 1. The lowest BCUT2D eigenvalue weighted by Crippen LogP contribution is -2.45. The van der Waals surface area contributed by atoms with Crippen LogP contribution in [-0.2, 0) is 9.84 Å². The van der Waals surface area contributed by atoms with Crippen LogP contribution in [0.4, 0.5) is 4.79 Å². The van der Waals surface area contributed by atoms with Crippen LogP contribution in [-0.4, -0.2) is 57.1 Å². The van der Waals surface area contributed by atoms with Crippen LogP contribution in [0.5, 0.6) is 5.75 Å². The molecule has 0 bridgehead atoms. The molecule has 0 unspecified atom stereocenters. The van der Waals surface area contributed by atoms with Crippen molar-refractivity contribution in [1.29, 1.82) is 0 Å². The Morgan fingerprint density at radius 3 is 2.57 bits per heavy atom. The van der Waals surface area contributed by atoms with Crippen molar-refractivity contribution in [1.82, 2.24) is 10.2 Å². The van der Waals surface area contributed by atoms with Gasteiger partial charge in [0.2, 0.25) is 0 Å². The molecule has 7 heteroatoms. The van der Waals surface area contributed by atoms with Crippen LogP contribution in [0, 0.1) is 13.8 Å². The lowest BCUT2D eigenvalue weighted by atomic mass is 10.1. The molecular formula is C16H24N2O4S. The number of nitrogens with one attached hydrogen (secondary N) is 1. The SMILES string of the molecule is Cc1cccc(C)c1OCCNC(=O)N(C)[C@@H]1CCS(=O)(=O)C1. The molecule has 1 aliphatic heterocycles. The van der Waals surface area contributed by atoms with Gasteiger partial charge in [-0.1, -0.05) is 18.2 Å². The van der Waals surface area contributed by atoms with E-state index in [9.17, 15) is 13.2 Å². The van der Waals surface area contributed by atoms with Gasteiger partial charge >= 0.3 is 6.03 Å². The Kier molecular flexibility index (Phi) is 5.51. The van der Waals surface area contributed by atoms with Crippen molar-refractivity contribution in [2.24, 2.45) is 0 Å². The minimum atomic E-state index is -2.99. The van der Waals surface area contributed by atoms with Crippen LogP contribution in [0.25, 0.3) is 0 Å². The molecule has 0 spiro atoms. The molecule has 0 saturated carbocycles. The summed E-state index contributed by atoms with van der Waals surface area (Å²) in [6.07, 6.45) is 0.505. The average Bonchev–Trinajstić information content (AvgIpc) is 2.85. The van der Waals surface area contributed by atoms with E-state index in [1.165, 1.54) is 4.90 Å². The van der Waals surface area contributed by atoms with E-state index in [0.29, 0.717) is 19.6 Å². The molecule has 0 aliphatic carbocycles. The summed E-state index contributed by atoms with van der Waals surface area (Å²) in [6, 6.07) is 5.44. The molecule has 1 aliphatic rings. The molecule has 0 aromatic heterocycles. The molecular weight excluding hydrogens is 316 g/mol. The van der Waals surface area contributed by atoms with E-state index in [1.54, 1.807) is 7.05 Å². The molecule has 1 saturated heterocycles. The van der Waals surface area contributed by atoms with Crippen molar-refractivity contribution in [3.63, 3.8) is 0 Å². The van der Waals surface area contributed by atoms with Crippen LogP contribution in [0.3, 0.4) is 0 Å². The molecule has 0 radical (unpaired) electrons. The number of para-hydroxylation sites is 1. The second-order valence-electron chi connectivity index (χ2n) is 5.97. The van der Waals surface area contributed by atoms with Crippen LogP contribution >= 0.6 is 0 Å². The number of carbonyl (C=O) groups is 1. The van der Waals surface area contributed by atoms with Crippen molar-refractivity contribution in [3.05, 3.63) is 29.3 Å². The highest BCUT2D eigenvalue weighted by molar-refractivity contribution is 7.91. The molecule has 2 amide bonds. The van der Waals surface area contributed by atoms with Gasteiger partial charge in [0.15, 0.2) is 9.84 Å². The molecule has 1 aromatic carbocycles. The number of carbonyl (C=O) groups excluding carboxylic acids is 1. The van der Waals surface area contributed by atoms with Crippen LogP contribution in [0.15, 0.2) is 18.2 Å². The maximum Gasteiger partial charge on any atom is 0.317 e. The van der Waals surface area contributed by atoms with Crippen LogP contribution in [0.1, 0.15) is 17.5 Å². The van der Waals surface area contributed by atoms with Crippen LogP contribution < -0.4 is 10.1 Å². The van der Waals surface area contributed by atoms with Crippen molar-refractivity contribution in [2.45, 2.75) is 26.3 Å². The first-order valence-corrected chi connectivity index (χ1v) is 9.52. The first-order valence-electron chi connectivity index (χ1n) is 7.70. The molecule has 1 N–H and O–H groups in total. The van der Waals surface area contributed by atoms with Gasteiger partial charge in [-0.05, 0) is 31.4 Å². The molecule has 2 rings (SSSR count). The quantitative estimate of drug-likeness (QED) is 0.825. The van der Waals surface area contributed by atoms with Crippen LogP contribution in [0.2, 0.25) is 0 Å².